The van der Waals surface area contributed by atoms with Crippen LogP contribution in [0.1, 0.15) is 0 Å². The molecule has 3 aromatic rings. The van der Waals surface area contributed by atoms with Crippen molar-refractivity contribution in [3.05, 3.63) is 41.1 Å². The van der Waals surface area contributed by atoms with Crippen molar-refractivity contribution in [1.82, 2.24) is 15.0 Å². The van der Waals surface area contributed by atoms with Gasteiger partial charge in [0.1, 0.15) is 0 Å². The number of hydrogen-bond acceptors (Lipinski definition) is 4. The van der Waals surface area contributed by atoms with E-state index in [1.807, 2.05) is 6.07 Å². The molecule has 0 aliphatic rings. The number of nitrogens with one attached hydrogen (secondary N) is 1. The molecule has 0 aliphatic carbocycles. The van der Waals surface area contributed by atoms with Gasteiger partial charge in [0.15, 0.2) is 16.9 Å². The summed E-state index contributed by atoms with van der Waals surface area (Å²) in [4.78, 5) is 22.4. The van der Waals surface area contributed by atoms with Crippen LogP contribution < -0.4 is 15.7 Å². The van der Waals surface area contributed by atoms with E-state index in [2.05, 4.69) is 15.0 Å². The Morgan fingerprint density at radius 3 is 3.06 bits per heavy atom. The summed E-state index contributed by atoms with van der Waals surface area (Å²) in [5.41, 5.74) is 7.03. The van der Waals surface area contributed by atoms with Crippen LogP contribution >= 0.6 is 0 Å². The van der Waals surface area contributed by atoms with E-state index in [4.69, 9.17) is 5.73 Å². The number of nitrogen functional groups attached to an aromatic ring is 1. The van der Waals surface area contributed by atoms with Crippen LogP contribution in [0.3, 0.4) is 0 Å². The number of nitrogens with zero attached hydrogens (tertiary/aromatic N) is 3. The van der Waals surface area contributed by atoms with Gasteiger partial charge in [0.25, 0.3) is 5.56 Å². The topological polar surface area (TPSA) is 88.8 Å². The molecule has 0 bridgehead atoms. The van der Waals surface area contributed by atoms with Crippen molar-refractivity contribution in [1.29, 1.82) is 0 Å². The van der Waals surface area contributed by atoms with Crippen LogP contribution in [0.4, 0.5) is 5.82 Å². The highest BCUT2D eigenvalue weighted by molar-refractivity contribution is 5.78. The standard InChI is InChI=1S/C10H7N5O/c11-8-7-9(13-5-12-8)15-4-2-1-3-6(15)10(16)14-7/h1-5,11,16H/p+1. The van der Waals surface area contributed by atoms with Gasteiger partial charge >= 0.3 is 5.65 Å². The fraction of sp³-hybridized carbons (Fsp3) is 0. The van der Waals surface area contributed by atoms with Gasteiger partial charge in [-0.1, -0.05) is 6.07 Å². The molecule has 6 heteroatoms. The van der Waals surface area contributed by atoms with Gasteiger partial charge in [-0.25, -0.2) is 0 Å². The minimum Gasteiger partial charge on any atom is -0.382 e. The van der Waals surface area contributed by atoms with Crippen molar-refractivity contribution in [2.75, 3.05) is 5.73 Å². The van der Waals surface area contributed by atoms with Crippen LogP contribution in [0.2, 0.25) is 0 Å². The van der Waals surface area contributed by atoms with Crippen LogP contribution in [-0.2, 0) is 0 Å². The number of pyridine rings is 1. The molecule has 0 aliphatic heterocycles. The maximum atomic E-state index is 11.8. The molecule has 0 atom stereocenters. The lowest BCUT2D eigenvalue weighted by atomic mass is 10.3. The van der Waals surface area contributed by atoms with Crippen LogP contribution in [0.15, 0.2) is 35.5 Å². The lowest BCUT2D eigenvalue weighted by Gasteiger charge is -1.97. The number of nitrogens with two attached hydrogens (primary N) is 1. The number of H-pyrrole nitrogens is 1. The van der Waals surface area contributed by atoms with Crippen molar-refractivity contribution in [3.8, 4) is 0 Å². The molecule has 3 rings (SSSR count). The normalized spacial score (nSPS) is 11.0. The van der Waals surface area contributed by atoms with Gasteiger partial charge in [0.2, 0.25) is 6.33 Å². The van der Waals surface area contributed by atoms with E-state index >= 15 is 0 Å². The van der Waals surface area contributed by atoms with Crippen molar-refractivity contribution < 1.29 is 4.40 Å². The summed E-state index contributed by atoms with van der Waals surface area (Å²) in [7, 11) is 0. The van der Waals surface area contributed by atoms with Gasteiger partial charge < -0.3 is 10.7 Å². The Kier molecular flexibility index (Phi) is 1.64. The Morgan fingerprint density at radius 1 is 1.31 bits per heavy atom. The molecule has 6 nitrogen and oxygen atoms in total. The largest absolute Gasteiger partial charge is 0.382 e. The highest BCUT2D eigenvalue weighted by Gasteiger charge is 2.14. The second kappa shape index (κ2) is 2.99. The molecule has 78 valence electrons. The first-order chi connectivity index (χ1) is 7.77. The first-order valence-corrected chi connectivity index (χ1v) is 4.70. The van der Waals surface area contributed by atoms with Gasteiger partial charge in [-0.05, 0) is 17.1 Å². The maximum absolute atomic E-state index is 11.8. The summed E-state index contributed by atoms with van der Waals surface area (Å²) in [6.07, 6.45) is 3.13. The molecule has 0 fully saturated rings. The molecule has 0 saturated carbocycles. The van der Waals surface area contributed by atoms with E-state index in [9.17, 15) is 4.79 Å². The highest BCUT2D eigenvalue weighted by atomic mass is 16.1. The maximum Gasteiger partial charge on any atom is 0.357 e. The lowest BCUT2D eigenvalue weighted by Crippen LogP contribution is -2.31. The summed E-state index contributed by atoms with van der Waals surface area (Å²) < 4.78 is 1.69. The summed E-state index contributed by atoms with van der Waals surface area (Å²) in [6.45, 7) is 0. The van der Waals surface area contributed by atoms with Crippen molar-refractivity contribution >= 4 is 22.5 Å². The molecule has 3 heterocycles. The van der Waals surface area contributed by atoms with E-state index in [1.54, 1.807) is 22.7 Å². The first kappa shape index (κ1) is 8.78. The second-order valence-corrected chi connectivity index (χ2v) is 3.37. The van der Waals surface area contributed by atoms with E-state index in [0.717, 1.165) is 0 Å². The average molecular weight is 214 g/mol. The third kappa shape index (κ3) is 1.07. The van der Waals surface area contributed by atoms with E-state index in [0.29, 0.717) is 16.7 Å². The summed E-state index contributed by atoms with van der Waals surface area (Å²) in [5.74, 6) is 0.264. The molecule has 16 heavy (non-hydrogen) atoms. The predicted molar refractivity (Wildman–Crippen MR) is 57.7 cm³/mol. The zero-order chi connectivity index (χ0) is 11.1. The Labute approximate surface area is 89.4 Å². The van der Waals surface area contributed by atoms with E-state index in [-0.39, 0.29) is 11.4 Å². The fourth-order valence-electron chi connectivity index (χ4n) is 1.68. The zero-order valence-corrected chi connectivity index (χ0v) is 8.21. The quantitative estimate of drug-likeness (QED) is 0.395. The third-order valence-corrected chi connectivity index (χ3v) is 2.42. The van der Waals surface area contributed by atoms with Crippen LogP contribution in [0, 0.1) is 0 Å². The van der Waals surface area contributed by atoms with Crippen molar-refractivity contribution in [3.63, 3.8) is 0 Å². The van der Waals surface area contributed by atoms with Crippen LogP contribution in [0.25, 0.3) is 16.7 Å². The van der Waals surface area contributed by atoms with Gasteiger partial charge in [0.05, 0.1) is 6.20 Å². The molecule has 3 N–H and O–H groups in total. The molecule has 0 unspecified atom stereocenters. The molecule has 0 aromatic carbocycles. The summed E-state index contributed by atoms with van der Waals surface area (Å²) >= 11 is 0. The number of fused-ring (bicyclic) bond motifs is 3. The minimum atomic E-state index is -0.213. The molecule has 0 amide bonds. The van der Waals surface area contributed by atoms with Crippen molar-refractivity contribution in [2.24, 2.45) is 0 Å². The molecular formula is C10H8N5O+. The SMILES string of the molecule is Nc1ncnc2c1[nH]c(=O)c1cccc[n+]12. The highest BCUT2D eigenvalue weighted by Crippen LogP contribution is 2.07. The van der Waals surface area contributed by atoms with Gasteiger partial charge in [-0.15, -0.1) is 0 Å². The van der Waals surface area contributed by atoms with E-state index < -0.39 is 0 Å². The number of aromatic amines is 1. The van der Waals surface area contributed by atoms with Crippen molar-refractivity contribution in [2.45, 2.75) is 0 Å². The van der Waals surface area contributed by atoms with Gasteiger partial charge in [0, 0.05) is 0 Å². The average Bonchev–Trinajstić information content (AvgIpc) is 2.31. The number of anilines is 1. The smallest absolute Gasteiger partial charge is 0.357 e. The Bertz CT molecular complexity index is 749. The lowest BCUT2D eigenvalue weighted by molar-refractivity contribution is -0.485. The number of aromatic nitrogens is 4. The third-order valence-electron chi connectivity index (χ3n) is 2.42. The monoisotopic (exact) mass is 214 g/mol. The molecular weight excluding hydrogens is 206 g/mol. The predicted octanol–water partition coefficient (Wildman–Crippen LogP) is -0.361. The zero-order valence-electron chi connectivity index (χ0n) is 8.21. The minimum absolute atomic E-state index is 0.213. The Hall–Kier alpha value is -2.50. The molecule has 0 spiro atoms. The Balaban J connectivity index is 2.70. The number of hydrogen-bond donors (Lipinski definition) is 2. The molecule has 0 radical (unpaired) electrons. The van der Waals surface area contributed by atoms with Gasteiger partial charge in [-0.2, -0.15) is 9.38 Å². The van der Waals surface area contributed by atoms with Crippen LogP contribution in [-0.4, -0.2) is 15.0 Å². The second-order valence-electron chi connectivity index (χ2n) is 3.37. The van der Waals surface area contributed by atoms with Gasteiger partial charge in [-0.3, -0.25) is 4.79 Å². The Morgan fingerprint density at radius 2 is 2.19 bits per heavy atom. The van der Waals surface area contributed by atoms with Crippen LogP contribution in [0.5, 0.6) is 0 Å². The first-order valence-electron chi connectivity index (χ1n) is 4.70. The summed E-state index contributed by atoms with van der Waals surface area (Å²) in [5, 5.41) is 0. The molecule has 0 saturated heterocycles. The molecule has 3 aromatic heterocycles. The van der Waals surface area contributed by atoms with E-state index in [1.165, 1.54) is 6.33 Å². The summed E-state index contributed by atoms with van der Waals surface area (Å²) in [6, 6.07) is 5.34. The fourth-order valence-corrected chi connectivity index (χ4v) is 1.68. The number of rotatable bonds is 0.